The molecule has 0 saturated carbocycles. The van der Waals surface area contributed by atoms with E-state index >= 15 is 0 Å². The Hall–Kier alpha value is -2.84. The molecule has 28 heavy (non-hydrogen) atoms. The number of alkyl halides is 3. The minimum absolute atomic E-state index is 0.0790. The number of benzene rings is 1. The van der Waals surface area contributed by atoms with Gasteiger partial charge in [-0.2, -0.15) is 13.2 Å². The molecule has 1 aromatic heterocycles. The van der Waals surface area contributed by atoms with Crippen LogP contribution in [0, 0.1) is 12.7 Å². The van der Waals surface area contributed by atoms with E-state index in [0.29, 0.717) is 24.5 Å². The van der Waals surface area contributed by atoms with Crippen molar-refractivity contribution in [3.63, 3.8) is 0 Å². The molecule has 152 valence electrons. The summed E-state index contributed by atoms with van der Waals surface area (Å²) in [6, 6.07) is 7.88. The van der Waals surface area contributed by atoms with Crippen LogP contribution in [0.15, 0.2) is 41.5 Å². The summed E-state index contributed by atoms with van der Waals surface area (Å²) in [5.41, 5.74) is 2.36. The molecule has 0 atom stereocenters. The summed E-state index contributed by atoms with van der Waals surface area (Å²) in [7, 11) is 1.59. The van der Waals surface area contributed by atoms with Gasteiger partial charge in [0.25, 0.3) is 0 Å². The van der Waals surface area contributed by atoms with E-state index in [1.807, 2.05) is 6.92 Å². The maximum absolute atomic E-state index is 13.1. The molecule has 0 amide bonds. The van der Waals surface area contributed by atoms with Gasteiger partial charge < -0.3 is 15.4 Å². The summed E-state index contributed by atoms with van der Waals surface area (Å²) in [5.74, 6) is 0.127. The molecular weight excluding hydrogens is 376 g/mol. The molecule has 0 aliphatic rings. The highest BCUT2D eigenvalue weighted by molar-refractivity contribution is 5.79. The third-order valence-corrected chi connectivity index (χ3v) is 3.88. The van der Waals surface area contributed by atoms with E-state index in [9.17, 15) is 17.6 Å². The van der Waals surface area contributed by atoms with Gasteiger partial charge in [-0.05, 0) is 42.7 Å². The Balaban J connectivity index is 1.87. The molecule has 0 unspecified atom stereocenters. The molecule has 2 rings (SSSR count). The van der Waals surface area contributed by atoms with Crippen molar-refractivity contribution in [2.24, 2.45) is 4.99 Å². The zero-order valence-corrected chi connectivity index (χ0v) is 15.6. The molecule has 0 radical (unpaired) electrons. The Morgan fingerprint density at radius 2 is 1.96 bits per heavy atom. The van der Waals surface area contributed by atoms with Crippen LogP contribution in [0.5, 0.6) is 5.88 Å². The Morgan fingerprint density at radius 1 is 1.18 bits per heavy atom. The van der Waals surface area contributed by atoms with Crippen LogP contribution in [0.1, 0.15) is 16.7 Å². The van der Waals surface area contributed by atoms with Gasteiger partial charge in [0, 0.05) is 31.9 Å². The largest absolute Gasteiger partial charge is 0.468 e. The maximum Gasteiger partial charge on any atom is 0.422 e. The number of aromatic nitrogens is 1. The molecular formula is C19H22F4N4O. The molecule has 5 nitrogen and oxygen atoms in total. The van der Waals surface area contributed by atoms with Crippen molar-refractivity contribution in [2.45, 2.75) is 26.1 Å². The number of ether oxygens (including phenoxy) is 1. The van der Waals surface area contributed by atoms with Crippen molar-refractivity contribution in [3.05, 3.63) is 59.0 Å². The lowest BCUT2D eigenvalue weighted by atomic mass is 10.1. The average molecular weight is 398 g/mol. The van der Waals surface area contributed by atoms with Crippen LogP contribution >= 0.6 is 0 Å². The first-order chi connectivity index (χ1) is 13.3. The minimum atomic E-state index is -4.43. The highest BCUT2D eigenvalue weighted by Crippen LogP contribution is 2.19. The van der Waals surface area contributed by atoms with Crippen LogP contribution in [0.25, 0.3) is 0 Å². The number of rotatable bonds is 7. The van der Waals surface area contributed by atoms with Crippen molar-refractivity contribution in [1.29, 1.82) is 0 Å². The molecule has 0 bridgehead atoms. The standard InChI is InChI=1S/C19H22F4N4O/c1-13-10-16(20)6-5-14(13)7-9-26-18(24-2)27-11-15-4-3-8-25-17(15)28-12-19(21,22)23/h3-6,8,10H,7,9,11-12H2,1-2H3,(H2,24,26,27). The third-order valence-electron chi connectivity index (χ3n) is 3.88. The minimum Gasteiger partial charge on any atom is -0.468 e. The van der Waals surface area contributed by atoms with Crippen molar-refractivity contribution in [2.75, 3.05) is 20.2 Å². The van der Waals surface area contributed by atoms with Crippen LogP contribution in [-0.2, 0) is 13.0 Å². The number of aryl methyl sites for hydroxylation is 1. The molecule has 9 heteroatoms. The van der Waals surface area contributed by atoms with Crippen molar-refractivity contribution >= 4 is 5.96 Å². The van der Waals surface area contributed by atoms with Crippen molar-refractivity contribution < 1.29 is 22.3 Å². The lowest BCUT2D eigenvalue weighted by Crippen LogP contribution is -2.38. The van der Waals surface area contributed by atoms with E-state index in [2.05, 4.69) is 20.6 Å². The monoisotopic (exact) mass is 398 g/mol. The third kappa shape index (κ3) is 7.05. The molecule has 2 N–H and O–H groups in total. The number of pyridine rings is 1. The number of hydrogen-bond acceptors (Lipinski definition) is 3. The van der Waals surface area contributed by atoms with E-state index in [0.717, 1.165) is 11.1 Å². The summed E-state index contributed by atoms with van der Waals surface area (Å²) < 4.78 is 55.0. The number of nitrogens with zero attached hydrogens (tertiary/aromatic N) is 2. The number of nitrogens with one attached hydrogen (secondary N) is 2. The Kier molecular flexibility index (Phi) is 7.60. The predicted molar refractivity (Wildman–Crippen MR) is 98.8 cm³/mol. The van der Waals surface area contributed by atoms with Crippen LogP contribution in [-0.4, -0.2) is 37.3 Å². The van der Waals surface area contributed by atoms with Gasteiger partial charge in [-0.1, -0.05) is 12.1 Å². The number of guanidine groups is 1. The van der Waals surface area contributed by atoms with Gasteiger partial charge in [0.15, 0.2) is 12.6 Å². The molecule has 0 aliphatic heterocycles. The lowest BCUT2D eigenvalue weighted by Gasteiger charge is -2.15. The van der Waals surface area contributed by atoms with Gasteiger partial charge in [0.2, 0.25) is 5.88 Å². The molecule has 0 spiro atoms. The fourth-order valence-corrected chi connectivity index (χ4v) is 2.49. The van der Waals surface area contributed by atoms with Gasteiger partial charge in [0.1, 0.15) is 5.82 Å². The first kappa shape index (κ1) is 21.5. The summed E-state index contributed by atoms with van der Waals surface area (Å²) in [6.07, 6.45) is -2.40. The molecule has 2 aromatic rings. The predicted octanol–water partition coefficient (Wildman–Crippen LogP) is 3.38. The number of halogens is 4. The highest BCUT2D eigenvalue weighted by atomic mass is 19.4. The van der Waals surface area contributed by atoms with E-state index in [1.54, 1.807) is 25.2 Å². The number of aliphatic imine (C=N–C) groups is 1. The van der Waals surface area contributed by atoms with E-state index < -0.39 is 12.8 Å². The number of hydrogen-bond donors (Lipinski definition) is 2. The summed E-state index contributed by atoms with van der Waals surface area (Å²) >= 11 is 0. The fraction of sp³-hybridized carbons (Fsp3) is 0.368. The average Bonchev–Trinajstić information content (AvgIpc) is 2.64. The first-order valence-corrected chi connectivity index (χ1v) is 8.61. The molecule has 0 aliphatic carbocycles. The van der Waals surface area contributed by atoms with E-state index in [1.165, 1.54) is 18.3 Å². The second-order valence-electron chi connectivity index (χ2n) is 6.04. The van der Waals surface area contributed by atoms with Crippen LogP contribution in [0.3, 0.4) is 0 Å². The highest BCUT2D eigenvalue weighted by Gasteiger charge is 2.29. The summed E-state index contributed by atoms with van der Waals surface area (Å²) in [6.45, 7) is 1.18. The topological polar surface area (TPSA) is 58.5 Å². The van der Waals surface area contributed by atoms with Gasteiger partial charge >= 0.3 is 6.18 Å². The Morgan fingerprint density at radius 3 is 2.64 bits per heavy atom. The molecule has 0 fully saturated rings. The SMILES string of the molecule is CN=C(NCCc1ccc(F)cc1C)NCc1cccnc1OCC(F)(F)F. The smallest absolute Gasteiger partial charge is 0.422 e. The molecule has 0 saturated heterocycles. The van der Waals surface area contributed by atoms with Gasteiger partial charge in [0.05, 0.1) is 0 Å². The van der Waals surface area contributed by atoms with Gasteiger partial charge in [-0.3, -0.25) is 4.99 Å². The molecule has 1 heterocycles. The van der Waals surface area contributed by atoms with Crippen molar-refractivity contribution in [1.82, 2.24) is 15.6 Å². The van der Waals surface area contributed by atoms with Crippen LogP contribution in [0.4, 0.5) is 17.6 Å². The second-order valence-corrected chi connectivity index (χ2v) is 6.04. The normalized spacial score (nSPS) is 12.0. The van der Waals surface area contributed by atoms with E-state index in [4.69, 9.17) is 4.74 Å². The van der Waals surface area contributed by atoms with E-state index in [-0.39, 0.29) is 18.2 Å². The zero-order valence-electron chi connectivity index (χ0n) is 15.6. The first-order valence-electron chi connectivity index (χ1n) is 8.61. The van der Waals surface area contributed by atoms with Crippen LogP contribution in [0.2, 0.25) is 0 Å². The summed E-state index contributed by atoms with van der Waals surface area (Å²) in [5, 5.41) is 6.12. The van der Waals surface area contributed by atoms with Crippen LogP contribution < -0.4 is 15.4 Å². The second kappa shape index (κ2) is 9.91. The lowest BCUT2D eigenvalue weighted by molar-refractivity contribution is -0.154. The molecule has 1 aromatic carbocycles. The Bertz CT molecular complexity index is 809. The van der Waals surface area contributed by atoms with Gasteiger partial charge in [-0.25, -0.2) is 9.37 Å². The zero-order chi connectivity index (χ0) is 20.6. The summed E-state index contributed by atoms with van der Waals surface area (Å²) in [4.78, 5) is 7.93. The van der Waals surface area contributed by atoms with Gasteiger partial charge in [-0.15, -0.1) is 0 Å². The maximum atomic E-state index is 13.1. The Labute approximate surface area is 160 Å². The fourth-order valence-electron chi connectivity index (χ4n) is 2.49. The van der Waals surface area contributed by atoms with Crippen molar-refractivity contribution in [3.8, 4) is 5.88 Å². The quantitative estimate of drug-likeness (QED) is 0.427.